The third-order valence-corrected chi connectivity index (χ3v) is 6.69. The summed E-state index contributed by atoms with van der Waals surface area (Å²) in [7, 11) is 0. The molecule has 37 heavy (non-hydrogen) atoms. The van der Waals surface area contributed by atoms with E-state index in [1.165, 1.54) is 17.7 Å². The quantitative estimate of drug-likeness (QED) is 0.375. The molecule has 6 nitrogen and oxygen atoms in total. The summed E-state index contributed by atoms with van der Waals surface area (Å²) in [6.45, 7) is 10.0. The minimum atomic E-state index is -0.308. The van der Waals surface area contributed by atoms with E-state index in [1.807, 2.05) is 29.2 Å². The van der Waals surface area contributed by atoms with Crippen molar-refractivity contribution in [1.29, 1.82) is 0 Å². The molecular weight excluding hydrogens is 465 g/mol. The van der Waals surface area contributed by atoms with Crippen molar-refractivity contribution in [2.75, 3.05) is 32.7 Å². The number of carbonyl (C=O) groups is 1. The molecule has 0 radical (unpaired) electrons. The molecule has 0 N–H and O–H groups in total. The summed E-state index contributed by atoms with van der Waals surface area (Å²) in [5.74, 6) is -0.401. The lowest BCUT2D eigenvalue weighted by molar-refractivity contribution is 0.0644. The predicted molar refractivity (Wildman–Crippen MR) is 145 cm³/mol. The molecule has 0 aliphatic carbocycles. The van der Waals surface area contributed by atoms with Gasteiger partial charge in [-0.2, -0.15) is 5.10 Å². The fourth-order valence-electron chi connectivity index (χ4n) is 4.47. The molecule has 4 aromatic rings. The van der Waals surface area contributed by atoms with Crippen molar-refractivity contribution in [1.82, 2.24) is 24.4 Å². The van der Waals surface area contributed by atoms with Crippen molar-refractivity contribution >= 4 is 17.6 Å². The molecule has 2 aromatic carbocycles. The Morgan fingerprint density at radius 3 is 2.35 bits per heavy atom. The Balaban J connectivity index is 1.35. The van der Waals surface area contributed by atoms with Gasteiger partial charge in [0.2, 0.25) is 0 Å². The van der Waals surface area contributed by atoms with Crippen LogP contribution >= 0.6 is 0 Å². The first kappa shape index (κ1) is 24.8. The number of halogens is 1. The van der Waals surface area contributed by atoms with E-state index < -0.39 is 0 Å². The summed E-state index contributed by atoms with van der Waals surface area (Å²) in [4.78, 5) is 22.4. The van der Waals surface area contributed by atoms with Gasteiger partial charge in [0.1, 0.15) is 11.5 Å². The van der Waals surface area contributed by atoms with Gasteiger partial charge in [0, 0.05) is 49.8 Å². The average Bonchev–Trinajstić information content (AvgIpc) is 3.35. The highest BCUT2D eigenvalue weighted by molar-refractivity contribution is 5.94. The number of hydrogen-bond acceptors (Lipinski definition) is 4. The first-order chi connectivity index (χ1) is 17.8. The summed E-state index contributed by atoms with van der Waals surface area (Å²) in [5.41, 5.74) is 4.37. The Morgan fingerprint density at radius 1 is 0.973 bits per heavy atom. The van der Waals surface area contributed by atoms with E-state index in [0.717, 1.165) is 30.9 Å². The van der Waals surface area contributed by atoms with E-state index in [9.17, 15) is 9.18 Å². The van der Waals surface area contributed by atoms with Crippen LogP contribution in [0.25, 0.3) is 23.0 Å². The number of rotatable bonds is 5. The highest BCUT2D eigenvalue weighted by Gasteiger charge is 2.25. The van der Waals surface area contributed by atoms with Gasteiger partial charge < -0.3 is 4.90 Å². The summed E-state index contributed by atoms with van der Waals surface area (Å²) in [6, 6.07) is 20.2. The topological polar surface area (TPSA) is 53.7 Å². The molecule has 0 bridgehead atoms. The Bertz CT molecular complexity index is 1410. The average molecular weight is 498 g/mol. The van der Waals surface area contributed by atoms with Crippen LogP contribution in [0.1, 0.15) is 42.5 Å². The summed E-state index contributed by atoms with van der Waals surface area (Å²) in [6.07, 6.45) is 4.30. The molecule has 5 rings (SSSR count). The lowest BCUT2D eigenvalue weighted by Gasteiger charge is -2.34. The summed E-state index contributed by atoms with van der Waals surface area (Å²) < 4.78 is 15.4. The van der Waals surface area contributed by atoms with Gasteiger partial charge >= 0.3 is 0 Å². The van der Waals surface area contributed by atoms with Crippen molar-refractivity contribution in [2.24, 2.45) is 0 Å². The van der Waals surface area contributed by atoms with Crippen LogP contribution in [0, 0.1) is 5.82 Å². The Hall–Kier alpha value is -3.84. The van der Waals surface area contributed by atoms with Crippen molar-refractivity contribution in [3.63, 3.8) is 0 Å². The van der Waals surface area contributed by atoms with E-state index in [0.29, 0.717) is 30.1 Å². The van der Waals surface area contributed by atoms with E-state index in [1.54, 1.807) is 22.7 Å². The number of aromatic nitrogens is 3. The normalized spacial score (nSPS) is 15.1. The number of piperazine rings is 1. The second kappa shape index (κ2) is 10.3. The molecule has 7 heteroatoms. The monoisotopic (exact) mass is 497 g/mol. The number of nitrogens with zero attached hydrogens (tertiary/aromatic N) is 5. The van der Waals surface area contributed by atoms with Gasteiger partial charge in [0.05, 0.1) is 11.4 Å². The van der Waals surface area contributed by atoms with E-state index in [4.69, 9.17) is 10.1 Å². The number of hydrogen-bond donors (Lipinski definition) is 0. The zero-order chi connectivity index (χ0) is 26.0. The second-order valence-corrected chi connectivity index (χ2v) is 10.5. The molecule has 3 heterocycles. The van der Waals surface area contributed by atoms with Crippen LogP contribution in [0.15, 0.2) is 72.8 Å². The highest BCUT2D eigenvalue weighted by atomic mass is 19.1. The standard InChI is InChI=1S/C30H32FN5O/c1-30(2,3)27-21-28-32-25(20-26(36(28)33-27)23-11-13-24(31)14-12-23)29(37)35-18-16-34(17-19-35)15-7-10-22-8-5-4-6-9-22/h4-14,20-21H,15-19H2,1-3H3/b10-7+. The molecule has 1 saturated heterocycles. The molecule has 1 aliphatic heterocycles. The van der Waals surface area contributed by atoms with Crippen molar-refractivity contribution < 1.29 is 9.18 Å². The van der Waals surface area contributed by atoms with E-state index in [2.05, 4.69) is 50.0 Å². The lowest BCUT2D eigenvalue weighted by Crippen LogP contribution is -2.48. The Labute approximate surface area is 217 Å². The zero-order valence-corrected chi connectivity index (χ0v) is 21.6. The minimum Gasteiger partial charge on any atom is -0.335 e. The van der Waals surface area contributed by atoms with Crippen LogP contribution in [0.4, 0.5) is 4.39 Å². The fraction of sp³-hybridized carbons (Fsp3) is 0.300. The maximum atomic E-state index is 13.6. The smallest absolute Gasteiger partial charge is 0.272 e. The molecule has 1 aliphatic rings. The lowest BCUT2D eigenvalue weighted by atomic mass is 9.93. The number of carbonyl (C=O) groups excluding carboxylic acids is 1. The first-order valence-electron chi connectivity index (χ1n) is 12.7. The molecule has 2 aromatic heterocycles. The van der Waals surface area contributed by atoms with Crippen molar-refractivity contribution in [3.05, 3.63) is 95.6 Å². The highest BCUT2D eigenvalue weighted by Crippen LogP contribution is 2.27. The van der Waals surface area contributed by atoms with Gasteiger partial charge in [-0.15, -0.1) is 0 Å². The maximum absolute atomic E-state index is 13.6. The molecule has 0 atom stereocenters. The third-order valence-electron chi connectivity index (χ3n) is 6.69. The molecule has 1 amide bonds. The SMILES string of the molecule is CC(C)(C)c1cc2nc(C(=O)N3CCN(C/C=C/c4ccccc4)CC3)cc(-c3ccc(F)cc3)n2n1. The van der Waals surface area contributed by atoms with Crippen LogP contribution in [-0.4, -0.2) is 63.0 Å². The van der Waals surface area contributed by atoms with Crippen LogP contribution in [0.3, 0.4) is 0 Å². The molecule has 1 fully saturated rings. The van der Waals surface area contributed by atoms with Gasteiger partial charge in [-0.3, -0.25) is 9.69 Å². The zero-order valence-electron chi connectivity index (χ0n) is 21.6. The second-order valence-electron chi connectivity index (χ2n) is 10.5. The van der Waals surface area contributed by atoms with Gasteiger partial charge in [0.25, 0.3) is 5.91 Å². The van der Waals surface area contributed by atoms with E-state index >= 15 is 0 Å². The Kier molecular flexibility index (Phi) is 6.89. The van der Waals surface area contributed by atoms with Gasteiger partial charge in [-0.05, 0) is 35.9 Å². The maximum Gasteiger partial charge on any atom is 0.272 e. The Morgan fingerprint density at radius 2 is 1.68 bits per heavy atom. The largest absolute Gasteiger partial charge is 0.335 e. The molecule has 190 valence electrons. The minimum absolute atomic E-state index is 0.0937. The molecule has 0 spiro atoms. The number of fused-ring (bicyclic) bond motifs is 1. The molecular formula is C30H32FN5O. The number of benzene rings is 2. The number of amides is 1. The summed E-state index contributed by atoms with van der Waals surface area (Å²) in [5, 5.41) is 4.78. The van der Waals surface area contributed by atoms with Gasteiger partial charge in [-0.25, -0.2) is 13.9 Å². The molecule has 0 unspecified atom stereocenters. The first-order valence-corrected chi connectivity index (χ1v) is 12.7. The fourth-order valence-corrected chi connectivity index (χ4v) is 4.47. The summed E-state index contributed by atoms with van der Waals surface area (Å²) >= 11 is 0. The van der Waals surface area contributed by atoms with Gasteiger partial charge in [0.15, 0.2) is 5.65 Å². The van der Waals surface area contributed by atoms with Crippen LogP contribution in [0.5, 0.6) is 0 Å². The van der Waals surface area contributed by atoms with Gasteiger partial charge in [-0.1, -0.05) is 63.3 Å². The van der Waals surface area contributed by atoms with Crippen LogP contribution in [0.2, 0.25) is 0 Å². The van der Waals surface area contributed by atoms with Crippen LogP contribution in [-0.2, 0) is 5.41 Å². The molecule has 0 saturated carbocycles. The van der Waals surface area contributed by atoms with Crippen molar-refractivity contribution in [3.8, 4) is 11.3 Å². The van der Waals surface area contributed by atoms with Crippen LogP contribution < -0.4 is 0 Å². The van der Waals surface area contributed by atoms with Crippen molar-refractivity contribution in [2.45, 2.75) is 26.2 Å². The predicted octanol–water partition coefficient (Wildman–Crippen LogP) is 5.30. The van der Waals surface area contributed by atoms with E-state index in [-0.39, 0.29) is 17.1 Å². The third kappa shape index (κ3) is 5.62.